The molecule has 0 radical (unpaired) electrons. The first-order chi connectivity index (χ1) is 22.1. The van der Waals surface area contributed by atoms with E-state index in [1.165, 1.54) is 14.2 Å². The molecule has 7 N–H and O–H groups in total. The van der Waals surface area contributed by atoms with E-state index in [-0.39, 0.29) is 35.5 Å². The molecule has 0 unspecified atom stereocenters. The summed E-state index contributed by atoms with van der Waals surface area (Å²) in [5.41, 5.74) is -0.312. The van der Waals surface area contributed by atoms with E-state index in [2.05, 4.69) is 0 Å². The highest BCUT2D eigenvalue weighted by Gasteiger charge is 2.54. The van der Waals surface area contributed by atoms with Crippen LogP contribution in [0.3, 0.4) is 0 Å². The van der Waals surface area contributed by atoms with Crippen LogP contribution in [0.5, 0.6) is 23.0 Å². The van der Waals surface area contributed by atoms with E-state index in [4.69, 9.17) is 37.9 Å². The zero-order valence-corrected chi connectivity index (χ0v) is 25.2. The molecule has 4 fully saturated rings. The molecular weight excluding hydrogens is 612 g/mol. The number of benzene rings is 2. The fraction of sp³-hybridized carbons (Fsp3) is 0.613. The number of fused-ring (bicyclic) bond motifs is 1. The third kappa shape index (κ3) is 5.90. The molecule has 4 aliphatic rings. The van der Waals surface area contributed by atoms with Crippen LogP contribution in [0.25, 0.3) is 0 Å². The fourth-order valence-electron chi connectivity index (χ4n) is 6.55. The Morgan fingerprint density at radius 2 is 1.43 bits per heavy atom. The van der Waals surface area contributed by atoms with E-state index in [0.29, 0.717) is 24.7 Å². The van der Waals surface area contributed by atoms with Crippen molar-refractivity contribution in [1.29, 1.82) is 0 Å². The van der Waals surface area contributed by atoms with E-state index in [1.54, 1.807) is 36.4 Å². The Kier molecular flexibility index (Phi) is 9.62. The van der Waals surface area contributed by atoms with Crippen molar-refractivity contribution in [2.45, 2.75) is 60.9 Å². The summed E-state index contributed by atoms with van der Waals surface area (Å²) >= 11 is 0. The lowest BCUT2D eigenvalue weighted by Gasteiger charge is -2.42. The maximum absolute atomic E-state index is 10.9. The highest BCUT2D eigenvalue weighted by Crippen LogP contribution is 2.51. The van der Waals surface area contributed by atoms with E-state index in [9.17, 15) is 35.7 Å². The average Bonchev–Trinajstić information content (AvgIpc) is 3.76. The molecule has 0 aliphatic carbocycles. The largest absolute Gasteiger partial charge is 0.504 e. The van der Waals surface area contributed by atoms with Gasteiger partial charge in [-0.15, -0.1) is 0 Å². The van der Waals surface area contributed by atoms with Crippen molar-refractivity contribution < 1.29 is 73.6 Å². The SMILES string of the molecule is COc1cc([C@H]2OC[C@H]3[C@@H]2CO[C@@H]3c2ccc(O[C@@H]3O[C@H](CO)[C@@H](O)[C@H](O)[C@H]3O[C@H]3OC[C@](O)(CO)[C@H]3O)c(OC)c2)ccc1O. The van der Waals surface area contributed by atoms with Gasteiger partial charge in [-0.05, 0) is 35.4 Å². The van der Waals surface area contributed by atoms with Crippen molar-refractivity contribution in [3.8, 4) is 23.0 Å². The van der Waals surface area contributed by atoms with Gasteiger partial charge in [-0.1, -0.05) is 12.1 Å². The van der Waals surface area contributed by atoms with Gasteiger partial charge in [0.25, 0.3) is 0 Å². The molecule has 46 heavy (non-hydrogen) atoms. The maximum atomic E-state index is 10.9. The predicted octanol–water partition coefficient (Wildman–Crippen LogP) is -0.872. The van der Waals surface area contributed by atoms with Crippen LogP contribution in [0.1, 0.15) is 23.3 Å². The van der Waals surface area contributed by atoms with Crippen molar-refractivity contribution in [1.82, 2.24) is 0 Å². The van der Waals surface area contributed by atoms with Gasteiger partial charge in [-0.2, -0.15) is 0 Å². The van der Waals surface area contributed by atoms with Gasteiger partial charge >= 0.3 is 0 Å². The molecule has 15 heteroatoms. The van der Waals surface area contributed by atoms with Crippen molar-refractivity contribution in [2.75, 3.05) is 47.3 Å². The Labute approximate surface area is 264 Å². The molecule has 2 aromatic carbocycles. The highest BCUT2D eigenvalue weighted by atomic mass is 16.8. The second kappa shape index (κ2) is 13.4. The monoisotopic (exact) mass is 652 g/mol. The van der Waals surface area contributed by atoms with Crippen molar-refractivity contribution >= 4 is 0 Å². The van der Waals surface area contributed by atoms with Gasteiger partial charge in [0, 0.05) is 11.8 Å². The quantitative estimate of drug-likeness (QED) is 0.166. The first kappa shape index (κ1) is 33.1. The summed E-state index contributed by atoms with van der Waals surface area (Å²) < 4.78 is 46.2. The van der Waals surface area contributed by atoms with Gasteiger partial charge in [0.2, 0.25) is 6.29 Å². The third-order valence-electron chi connectivity index (χ3n) is 9.25. The number of phenols is 1. The lowest BCUT2D eigenvalue weighted by molar-refractivity contribution is -0.319. The summed E-state index contributed by atoms with van der Waals surface area (Å²) in [5, 5.41) is 71.5. The molecule has 0 amide bonds. The predicted molar refractivity (Wildman–Crippen MR) is 153 cm³/mol. The number of hydrogen-bond acceptors (Lipinski definition) is 15. The van der Waals surface area contributed by atoms with Crippen LogP contribution in [0.15, 0.2) is 36.4 Å². The van der Waals surface area contributed by atoms with E-state index in [0.717, 1.165) is 11.1 Å². The van der Waals surface area contributed by atoms with Crippen LogP contribution < -0.4 is 14.2 Å². The summed E-state index contributed by atoms with van der Waals surface area (Å²) in [4.78, 5) is 0. The van der Waals surface area contributed by atoms with Crippen molar-refractivity contribution in [3.63, 3.8) is 0 Å². The number of aromatic hydroxyl groups is 1. The number of hydrogen-bond donors (Lipinski definition) is 7. The number of ether oxygens (including phenoxy) is 8. The highest BCUT2D eigenvalue weighted by molar-refractivity contribution is 5.45. The second-order valence-electron chi connectivity index (χ2n) is 12.0. The minimum atomic E-state index is -1.99. The number of methoxy groups -OCH3 is 2. The van der Waals surface area contributed by atoms with Gasteiger partial charge in [0.05, 0.1) is 59.5 Å². The van der Waals surface area contributed by atoms with Crippen LogP contribution in [-0.2, 0) is 23.7 Å². The Bertz CT molecular complexity index is 1360. The summed E-state index contributed by atoms with van der Waals surface area (Å²) in [6.07, 6.45) is -11.1. The standard InChI is InChI=1S/C31H40O15/c1-39-20-7-14(3-5-18(20)34)25-16-10-42-26(17(16)11-41-25)15-4-6-19(21(8-15)40-2)44-29-27(24(36)23(35)22(9-32)45-29)46-30-28(37)31(38,12-33)13-43-30/h3-8,16-17,22-30,32-38H,9-13H2,1-2H3/t16-,17-,22+,23+,24-,25+,26+,27+,28-,29+,30+,31+/m0/s1. The molecule has 4 heterocycles. The van der Waals surface area contributed by atoms with Crippen LogP contribution in [0, 0.1) is 11.8 Å². The van der Waals surface area contributed by atoms with Crippen LogP contribution in [-0.4, -0.2) is 132 Å². The summed E-state index contributed by atoms with van der Waals surface area (Å²) in [7, 11) is 2.93. The van der Waals surface area contributed by atoms with E-state index < -0.39 is 68.5 Å². The molecular formula is C31H40O15. The van der Waals surface area contributed by atoms with E-state index >= 15 is 0 Å². The van der Waals surface area contributed by atoms with Crippen LogP contribution >= 0.6 is 0 Å². The van der Waals surface area contributed by atoms with Gasteiger partial charge in [0.1, 0.15) is 30.0 Å². The molecule has 0 bridgehead atoms. The summed E-state index contributed by atoms with van der Waals surface area (Å²) in [6.45, 7) is -0.998. The molecule has 0 spiro atoms. The van der Waals surface area contributed by atoms with Gasteiger partial charge in [-0.25, -0.2) is 0 Å². The Balaban J connectivity index is 1.19. The van der Waals surface area contributed by atoms with Crippen molar-refractivity contribution in [2.24, 2.45) is 11.8 Å². The lowest BCUT2D eigenvalue weighted by Crippen LogP contribution is -2.62. The Hall–Kier alpha value is -2.80. The lowest BCUT2D eigenvalue weighted by atomic mass is 9.85. The topological polar surface area (TPSA) is 215 Å². The molecule has 2 aromatic rings. The van der Waals surface area contributed by atoms with Gasteiger partial charge < -0.3 is 73.6 Å². The minimum Gasteiger partial charge on any atom is -0.504 e. The zero-order valence-electron chi connectivity index (χ0n) is 25.2. The van der Waals surface area contributed by atoms with Crippen LogP contribution in [0.2, 0.25) is 0 Å². The molecule has 12 atom stereocenters. The fourth-order valence-corrected chi connectivity index (χ4v) is 6.55. The van der Waals surface area contributed by atoms with Crippen molar-refractivity contribution in [3.05, 3.63) is 47.5 Å². The van der Waals surface area contributed by atoms with E-state index in [1.807, 2.05) is 0 Å². The number of rotatable bonds is 10. The number of aliphatic hydroxyl groups is 6. The normalized spacial score (nSPS) is 38.9. The second-order valence-corrected chi connectivity index (χ2v) is 12.0. The molecule has 15 nitrogen and oxygen atoms in total. The number of phenolic OH excluding ortho intramolecular Hbond substituents is 1. The molecule has 254 valence electrons. The average molecular weight is 653 g/mol. The first-order valence-electron chi connectivity index (χ1n) is 15.0. The summed E-state index contributed by atoms with van der Waals surface area (Å²) in [6, 6.07) is 10.3. The number of aliphatic hydroxyl groups excluding tert-OH is 5. The third-order valence-corrected chi connectivity index (χ3v) is 9.25. The first-order valence-corrected chi connectivity index (χ1v) is 15.0. The smallest absolute Gasteiger partial charge is 0.229 e. The van der Waals surface area contributed by atoms with Gasteiger partial charge in [0.15, 0.2) is 35.4 Å². The molecule has 0 saturated carbocycles. The molecule has 4 aliphatic heterocycles. The zero-order chi connectivity index (χ0) is 32.7. The molecule has 0 aromatic heterocycles. The van der Waals surface area contributed by atoms with Gasteiger partial charge in [-0.3, -0.25) is 0 Å². The van der Waals surface area contributed by atoms with Crippen LogP contribution in [0.4, 0.5) is 0 Å². The molecule has 4 saturated heterocycles. The molecule has 6 rings (SSSR count). The maximum Gasteiger partial charge on any atom is 0.229 e. The Morgan fingerprint density at radius 3 is 2.02 bits per heavy atom. The Morgan fingerprint density at radius 1 is 0.804 bits per heavy atom. The summed E-state index contributed by atoms with van der Waals surface area (Å²) in [5.74, 6) is 0.951. The minimum absolute atomic E-state index is 0.0260.